The summed E-state index contributed by atoms with van der Waals surface area (Å²) in [7, 11) is 1.98. The van der Waals surface area contributed by atoms with Crippen molar-refractivity contribution in [1.29, 1.82) is 0 Å². The summed E-state index contributed by atoms with van der Waals surface area (Å²) in [6, 6.07) is 11.0. The van der Waals surface area contributed by atoms with Crippen LogP contribution in [0.25, 0.3) is 0 Å². The highest BCUT2D eigenvalue weighted by Crippen LogP contribution is 2.19. The maximum absolute atomic E-state index is 4.78. The summed E-state index contributed by atoms with van der Waals surface area (Å²) >= 11 is 0. The van der Waals surface area contributed by atoms with E-state index in [0.717, 1.165) is 56.5 Å². The minimum absolute atomic E-state index is 0.378. The Morgan fingerprint density at radius 2 is 2.07 bits per heavy atom. The maximum atomic E-state index is 4.78. The summed E-state index contributed by atoms with van der Waals surface area (Å²) in [5.74, 6) is 2.65. The Labute approximate surface area is 168 Å². The number of anilines is 1. The largest absolute Gasteiger partial charge is 0.369 e. The third-order valence-corrected chi connectivity index (χ3v) is 5.27. The van der Waals surface area contributed by atoms with E-state index >= 15 is 0 Å². The molecule has 1 unspecified atom stereocenters. The van der Waals surface area contributed by atoms with Crippen molar-refractivity contribution >= 4 is 11.6 Å². The fourth-order valence-electron chi connectivity index (χ4n) is 3.44. The Kier molecular flexibility index (Phi) is 7.28. The first-order valence-electron chi connectivity index (χ1n) is 10.4. The molecule has 7 heteroatoms. The highest BCUT2D eigenvalue weighted by atomic mass is 15.3. The lowest BCUT2D eigenvalue weighted by atomic mass is 10.1. The van der Waals surface area contributed by atoms with E-state index in [1.54, 1.807) is 0 Å². The minimum atomic E-state index is 0.378. The molecular weight excluding hydrogens is 350 g/mol. The standard InChI is InChI=1S/C21H33N7/c1-4-5-13-22-21(23-15-20-26-25-17(2)27(20)3)24-18-10-9-14-28(16-18)19-11-7-6-8-12-19/h6-8,11-12,18H,4-5,9-10,13-16H2,1-3H3,(H2,22,23,24). The van der Waals surface area contributed by atoms with E-state index in [2.05, 4.69) is 63.0 Å². The van der Waals surface area contributed by atoms with Crippen LogP contribution < -0.4 is 15.5 Å². The highest BCUT2D eigenvalue weighted by molar-refractivity contribution is 5.80. The molecule has 1 aromatic carbocycles. The second kappa shape index (κ2) is 10.1. The molecular formula is C21H33N7. The zero-order valence-corrected chi connectivity index (χ0v) is 17.4. The molecule has 0 saturated carbocycles. The van der Waals surface area contributed by atoms with Crippen LogP contribution in [0.2, 0.25) is 0 Å². The zero-order valence-electron chi connectivity index (χ0n) is 17.4. The van der Waals surface area contributed by atoms with Crippen molar-refractivity contribution in [3.05, 3.63) is 42.0 Å². The summed E-state index contributed by atoms with van der Waals surface area (Å²) in [6.45, 7) is 7.70. The Hall–Kier alpha value is -2.57. The quantitative estimate of drug-likeness (QED) is 0.437. The van der Waals surface area contributed by atoms with Crippen LogP contribution in [0.1, 0.15) is 44.3 Å². The molecule has 0 radical (unpaired) electrons. The van der Waals surface area contributed by atoms with Gasteiger partial charge in [0.15, 0.2) is 11.8 Å². The van der Waals surface area contributed by atoms with Gasteiger partial charge in [-0.3, -0.25) is 0 Å². The van der Waals surface area contributed by atoms with Crippen molar-refractivity contribution in [1.82, 2.24) is 25.4 Å². The average molecular weight is 384 g/mol. The van der Waals surface area contributed by atoms with E-state index < -0.39 is 0 Å². The molecule has 28 heavy (non-hydrogen) atoms. The molecule has 152 valence electrons. The van der Waals surface area contributed by atoms with Gasteiger partial charge in [0.25, 0.3) is 0 Å². The normalized spacial score (nSPS) is 17.6. The van der Waals surface area contributed by atoms with Gasteiger partial charge in [-0.25, -0.2) is 4.99 Å². The number of benzene rings is 1. The smallest absolute Gasteiger partial charge is 0.191 e. The Morgan fingerprint density at radius 1 is 1.25 bits per heavy atom. The van der Waals surface area contributed by atoms with Gasteiger partial charge in [-0.1, -0.05) is 31.5 Å². The fourth-order valence-corrected chi connectivity index (χ4v) is 3.44. The van der Waals surface area contributed by atoms with E-state index in [-0.39, 0.29) is 0 Å². The number of nitrogens with zero attached hydrogens (tertiary/aromatic N) is 5. The molecule has 2 heterocycles. The Morgan fingerprint density at radius 3 is 2.79 bits per heavy atom. The number of aryl methyl sites for hydroxylation is 1. The van der Waals surface area contributed by atoms with Gasteiger partial charge in [0.2, 0.25) is 0 Å². The van der Waals surface area contributed by atoms with Gasteiger partial charge in [-0.05, 0) is 38.3 Å². The number of rotatable bonds is 7. The van der Waals surface area contributed by atoms with E-state index in [1.165, 1.54) is 12.1 Å². The van der Waals surface area contributed by atoms with Crippen LogP contribution in [0.5, 0.6) is 0 Å². The Balaban J connectivity index is 1.64. The number of aliphatic imine (C=N–C) groups is 1. The first-order valence-corrected chi connectivity index (χ1v) is 10.4. The third-order valence-electron chi connectivity index (χ3n) is 5.27. The molecule has 0 spiro atoms. The number of unbranched alkanes of at least 4 members (excludes halogenated alkanes) is 1. The SMILES string of the molecule is CCCCNC(=NCc1nnc(C)n1C)NC1CCCN(c2ccccc2)C1. The second-order valence-electron chi connectivity index (χ2n) is 7.43. The van der Waals surface area contributed by atoms with Crippen LogP contribution in [0, 0.1) is 6.92 Å². The molecule has 0 aliphatic carbocycles. The number of guanidine groups is 1. The molecule has 1 aliphatic rings. The van der Waals surface area contributed by atoms with Gasteiger partial charge in [0.1, 0.15) is 12.4 Å². The lowest BCUT2D eigenvalue weighted by Crippen LogP contribution is -2.51. The predicted octanol–water partition coefficient (Wildman–Crippen LogP) is 2.63. The minimum Gasteiger partial charge on any atom is -0.369 e. The highest BCUT2D eigenvalue weighted by Gasteiger charge is 2.21. The number of para-hydroxylation sites is 1. The summed E-state index contributed by atoms with van der Waals surface area (Å²) in [5, 5.41) is 15.5. The van der Waals surface area contributed by atoms with Crippen molar-refractivity contribution < 1.29 is 0 Å². The van der Waals surface area contributed by atoms with Gasteiger partial charge < -0.3 is 20.1 Å². The molecule has 1 fully saturated rings. The maximum Gasteiger partial charge on any atom is 0.191 e. The number of hydrogen-bond donors (Lipinski definition) is 2. The van der Waals surface area contributed by atoms with Gasteiger partial charge in [-0.2, -0.15) is 0 Å². The van der Waals surface area contributed by atoms with Crippen LogP contribution >= 0.6 is 0 Å². The molecule has 7 nitrogen and oxygen atoms in total. The second-order valence-corrected chi connectivity index (χ2v) is 7.43. The van der Waals surface area contributed by atoms with Crippen molar-refractivity contribution in [2.75, 3.05) is 24.5 Å². The average Bonchev–Trinajstić information content (AvgIpc) is 3.05. The lowest BCUT2D eigenvalue weighted by Gasteiger charge is -2.35. The van der Waals surface area contributed by atoms with Crippen molar-refractivity contribution in [3.8, 4) is 0 Å². The number of nitrogens with one attached hydrogen (secondary N) is 2. The van der Waals surface area contributed by atoms with Gasteiger partial charge >= 0.3 is 0 Å². The molecule has 2 aromatic rings. The first kappa shape index (κ1) is 20.2. The number of hydrogen-bond acceptors (Lipinski definition) is 4. The zero-order chi connectivity index (χ0) is 19.8. The molecule has 1 aromatic heterocycles. The van der Waals surface area contributed by atoms with Crippen LogP contribution in [-0.2, 0) is 13.6 Å². The first-order chi connectivity index (χ1) is 13.7. The molecule has 0 amide bonds. The van der Waals surface area contributed by atoms with Crippen LogP contribution in [0.15, 0.2) is 35.3 Å². The van der Waals surface area contributed by atoms with Crippen molar-refractivity contribution in [3.63, 3.8) is 0 Å². The van der Waals surface area contributed by atoms with E-state index in [4.69, 9.17) is 4.99 Å². The lowest BCUT2D eigenvalue weighted by molar-refractivity contribution is 0.467. The predicted molar refractivity (Wildman–Crippen MR) is 115 cm³/mol. The topological polar surface area (TPSA) is 70.4 Å². The third kappa shape index (κ3) is 5.47. The van der Waals surface area contributed by atoms with Crippen LogP contribution in [0.4, 0.5) is 5.69 Å². The van der Waals surface area contributed by atoms with Gasteiger partial charge in [-0.15, -0.1) is 10.2 Å². The summed E-state index contributed by atoms with van der Waals surface area (Å²) in [5.41, 5.74) is 1.29. The summed E-state index contributed by atoms with van der Waals surface area (Å²) < 4.78 is 1.99. The van der Waals surface area contributed by atoms with Gasteiger partial charge in [0.05, 0.1) is 0 Å². The van der Waals surface area contributed by atoms with E-state index in [0.29, 0.717) is 12.6 Å². The van der Waals surface area contributed by atoms with Gasteiger partial charge in [0, 0.05) is 38.4 Å². The summed E-state index contributed by atoms with van der Waals surface area (Å²) in [6.07, 6.45) is 4.62. The van der Waals surface area contributed by atoms with Crippen LogP contribution in [0.3, 0.4) is 0 Å². The van der Waals surface area contributed by atoms with Crippen molar-refractivity contribution in [2.45, 2.75) is 52.1 Å². The molecule has 0 bridgehead atoms. The fraction of sp³-hybridized carbons (Fsp3) is 0.571. The number of piperidine rings is 1. The van der Waals surface area contributed by atoms with Crippen molar-refractivity contribution in [2.24, 2.45) is 12.0 Å². The van der Waals surface area contributed by atoms with Crippen LogP contribution in [-0.4, -0.2) is 46.4 Å². The number of aromatic nitrogens is 3. The molecule has 1 atom stereocenters. The molecule has 2 N–H and O–H groups in total. The molecule has 1 aliphatic heterocycles. The Bertz CT molecular complexity index is 753. The monoisotopic (exact) mass is 383 g/mol. The summed E-state index contributed by atoms with van der Waals surface area (Å²) in [4.78, 5) is 7.24. The van der Waals surface area contributed by atoms with E-state index in [9.17, 15) is 0 Å². The molecule has 1 saturated heterocycles. The van der Waals surface area contributed by atoms with E-state index in [1.807, 2.05) is 18.5 Å². The molecule has 3 rings (SSSR count).